The highest BCUT2D eigenvalue weighted by Crippen LogP contribution is 2.14. The van der Waals surface area contributed by atoms with Crippen molar-refractivity contribution in [1.29, 1.82) is 0 Å². The summed E-state index contributed by atoms with van der Waals surface area (Å²) in [7, 11) is 0. The molecule has 2 nitrogen and oxygen atoms in total. The fourth-order valence-electron chi connectivity index (χ4n) is 1.14. The maximum Gasteiger partial charge on any atom is 0.123 e. The summed E-state index contributed by atoms with van der Waals surface area (Å²) in [6.45, 7) is 3.05. The molecule has 0 saturated heterocycles. The van der Waals surface area contributed by atoms with Crippen LogP contribution < -0.4 is 0 Å². The Balaban J connectivity index is 2.70. The molecular weight excluding hydrogens is 183 g/mol. The van der Waals surface area contributed by atoms with Crippen LogP contribution in [-0.2, 0) is 6.42 Å². The Morgan fingerprint density at radius 3 is 2.57 bits per heavy atom. The quantitative estimate of drug-likeness (QED) is 0.772. The van der Waals surface area contributed by atoms with Gasteiger partial charge in [0.15, 0.2) is 0 Å². The highest BCUT2D eigenvalue weighted by atomic mass is 19.1. The number of halogens is 1. The second-order valence-electron chi connectivity index (χ2n) is 4.00. The molecule has 0 amide bonds. The van der Waals surface area contributed by atoms with Crippen LogP contribution >= 0.6 is 0 Å². The van der Waals surface area contributed by atoms with E-state index in [1.807, 2.05) is 0 Å². The number of aliphatic hydroxyl groups excluding tert-OH is 1. The van der Waals surface area contributed by atoms with Gasteiger partial charge in [0, 0.05) is 6.42 Å². The van der Waals surface area contributed by atoms with Crippen molar-refractivity contribution >= 4 is 0 Å². The van der Waals surface area contributed by atoms with Crippen LogP contribution in [0.15, 0.2) is 24.3 Å². The van der Waals surface area contributed by atoms with Crippen molar-refractivity contribution in [2.45, 2.75) is 32.0 Å². The van der Waals surface area contributed by atoms with Crippen LogP contribution in [0.1, 0.15) is 19.4 Å². The van der Waals surface area contributed by atoms with Gasteiger partial charge in [-0.1, -0.05) is 12.1 Å². The zero-order valence-electron chi connectivity index (χ0n) is 8.37. The first-order valence-electron chi connectivity index (χ1n) is 4.54. The molecule has 0 heterocycles. The molecule has 3 heteroatoms. The molecule has 1 rings (SSSR count). The summed E-state index contributed by atoms with van der Waals surface area (Å²) >= 11 is 0. The number of rotatable bonds is 3. The van der Waals surface area contributed by atoms with E-state index in [1.165, 1.54) is 26.0 Å². The average Bonchev–Trinajstić information content (AvgIpc) is 2.02. The molecule has 0 aliphatic heterocycles. The third-order valence-electron chi connectivity index (χ3n) is 2.13. The summed E-state index contributed by atoms with van der Waals surface area (Å²) in [5, 5.41) is 19.0. The van der Waals surface area contributed by atoms with Crippen molar-refractivity contribution in [3.63, 3.8) is 0 Å². The maximum absolute atomic E-state index is 12.8. The molecule has 0 aromatic heterocycles. The lowest BCUT2D eigenvalue weighted by Crippen LogP contribution is -2.37. The van der Waals surface area contributed by atoms with E-state index in [-0.39, 0.29) is 12.2 Å². The van der Waals surface area contributed by atoms with E-state index >= 15 is 0 Å². The molecule has 1 aromatic carbocycles. The van der Waals surface area contributed by atoms with Gasteiger partial charge < -0.3 is 10.2 Å². The fraction of sp³-hybridized carbons (Fsp3) is 0.455. The Kier molecular flexibility index (Phi) is 3.24. The summed E-state index contributed by atoms with van der Waals surface area (Å²) in [4.78, 5) is 0. The van der Waals surface area contributed by atoms with E-state index in [9.17, 15) is 14.6 Å². The molecule has 1 unspecified atom stereocenters. The molecule has 2 N–H and O–H groups in total. The van der Waals surface area contributed by atoms with E-state index in [1.54, 1.807) is 12.1 Å². The van der Waals surface area contributed by atoms with Crippen LogP contribution in [0.5, 0.6) is 0 Å². The zero-order valence-corrected chi connectivity index (χ0v) is 8.37. The van der Waals surface area contributed by atoms with Crippen molar-refractivity contribution < 1.29 is 14.6 Å². The third-order valence-corrected chi connectivity index (χ3v) is 2.13. The standard InChI is InChI=1S/C11H15FO2/c1-11(2,14)10(13)7-8-4-3-5-9(12)6-8/h3-6,10,13-14H,7H2,1-2H3. The summed E-state index contributed by atoms with van der Waals surface area (Å²) < 4.78 is 12.8. The molecule has 14 heavy (non-hydrogen) atoms. The van der Waals surface area contributed by atoms with Crippen molar-refractivity contribution in [3.8, 4) is 0 Å². The summed E-state index contributed by atoms with van der Waals surface area (Å²) in [5.41, 5.74) is -0.480. The monoisotopic (exact) mass is 198 g/mol. The topological polar surface area (TPSA) is 40.5 Å². The van der Waals surface area contributed by atoms with Gasteiger partial charge >= 0.3 is 0 Å². The lowest BCUT2D eigenvalue weighted by atomic mass is 9.95. The Hall–Kier alpha value is -0.930. The van der Waals surface area contributed by atoms with E-state index in [4.69, 9.17) is 0 Å². The normalized spacial score (nSPS) is 14.1. The lowest BCUT2D eigenvalue weighted by Gasteiger charge is -2.24. The molecular formula is C11H15FO2. The van der Waals surface area contributed by atoms with Crippen LogP contribution in [0, 0.1) is 5.82 Å². The lowest BCUT2D eigenvalue weighted by molar-refractivity contribution is -0.0469. The molecule has 0 radical (unpaired) electrons. The maximum atomic E-state index is 12.8. The Morgan fingerprint density at radius 1 is 1.43 bits per heavy atom. The molecule has 78 valence electrons. The zero-order chi connectivity index (χ0) is 10.8. The van der Waals surface area contributed by atoms with E-state index in [2.05, 4.69) is 0 Å². The molecule has 0 saturated carbocycles. The molecule has 0 aliphatic rings. The van der Waals surface area contributed by atoms with Crippen molar-refractivity contribution in [1.82, 2.24) is 0 Å². The van der Waals surface area contributed by atoms with Crippen molar-refractivity contribution in [3.05, 3.63) is 35.6 Å². The average molecular weight is 198 g/mol. The van der Waals surface area contributed by atoms with Crippen LogP contribution in [0.4, 0.5) is 4.39 Å². The minimum Gasteiger partial charge on any atom is -0.390 e. The highest BCUT2D eigenvalue weighted by molar-refractivity contribution is 5.17. The number of aliphatic hydroxyl groups is 2. The smallest absolute Gasteiger partial charge is 0.123 e. The van der Waals surface area contributed by atoms with E-state index in [0.717, 1.165) is 0 Å². The highest BCUT2D eigenvalue weighted by Gasteiger charge is 2.24. The molecule has 1 atom stereocenters. The van der Waals surface area contributed by atoms with Gasteiger partial charge in [-0.15, -0.1) is 0 Å². The largest absolute Gasteiger partial charge is 0.390 e. The van der Waals surface area contributed by atoms with Gasteiger partial charge in [0.2, 0.25) is 0 Å². The summed E-state index contributed by atoms with van der Waals surface area (Å²) in [6.07, 6.45) is -0.634. The van der Waals surface area contributed by atoms with Gasteiger partial charge in [0.25, 0.3) is 0 Å². The Morgan fingerprint density at radius 2 is 2.07 bits per heavy atom. The minimum absolute atomic E-state index is 0.251. The first-order chi connectivity index (χ1) is 6.39. The number of benzene rings is 1. The Labute approximate surface area is 83.0 Å². The van der Waals surface area contributed by atoms with Gasteiger partial charge in [0.1, 0.15) is 5.82 Å². The van der Waals surface area contributed by atoms with E-state index in [0.29, 0.717) is 5.56 Å². The number of hydrogen-bond acceptors (Lipinski definition) is 2. The van der Waals surface area contributed by atoms with Gasteiger partial charge in [-0.3, -0.25) is 0 Å². The first kappa shape index (κ1) is 11.1. The first-order valence-corrected chi connectivity index (χ1v) is 4.54. The fourth-order valence-corrected chi connectivity index (χ4v) is 1.14. The van der Waals surface area contributed by atoms with E-state index < -0.39 is 11.7 Å². The second-order valence-corrected chi connectivity index (χ2v) is 4.00. The molecule has 0 fully saturated rings. The van der Waals surface area contributed by atoms with Crippen LogP contribution in [0.3, 0.4) is 0 Å². The predicted octanol–water partition coefficient (Wildman–Crippen LogP) is 1.50. The van der Waals surface area contributed by atoms with Gasteiger partial charge in [-0.2, -0.15) is 0 Å². The van der Waals surface area contributed by atoms with Gasteiger partial charge in [-0.25, -0.2) is 4.39 Å². The predicted molar refractivity (Wildman–Crippen MR) is 52.4 cm³/mol. The Bertz CT molecular complexity index is 304. The van der Waals surface area contributed by atoms with Crippen molar-refractivity contribution in [2.75, 3.05) is 0 Å². The SMILES string of the molecule is CC(C)(O)C(O)Cc1cccc(F)c1. The molecule has 0 aliphatic carbocycles. The van der Waals surface area contributed by atoms with Crippen molar-refractivity contribution in [2.24, 2.45) is 0 Å². The summed E-state index contributed by atoms with van der Waals surface area (Å²) in [5.74, 6) is -0.328. The van der Waals surface area contributed by atoms with Crippen LogP contribution in [0.25, 0.3) is 0 Å². The third kappa shape index (κ3) is 3.09. The van der Waals surface area contributed by atoms with Crippen LogP contribution in [-0.4, -0.2) is 21.9 Å². The van der Waals surface area contributed by atoms with Gasteiger partial charge in [0.05, 0.1) is 11.7 Å². The van der Waals surface area contributed by atoms with Crippen LogP contribution in [0.2, 0.25) is 0 Å². The molecule has 1 aromatic rings. The second kappa shape index (κ2) is 4.07. The molecule has 0 spiro atoms. The molecule has 0 bridgehead atoms. The van der Waals surface area contributed by atoms with Gasteiger partial charge in [-0.05, 0) is 31.5 Å². The minimum atomic E-state index is -1.16. The number of hydrogen-bond donors (Lipinski definition) is 2. The summed E-state index contributed by atoms with van der Waals surface area (Å²) in [6, 6.07) is 6.01.